The number of rotatable bonds is 9. The molecule has 0 amide bonds. The Morgan fingerprint density at radius 2 is 1.44 bits per heavy atom. The Hall–Kier alpha value is -0.860. The van der Waals surface area contributed by atoms with Crippen LogP contribution in [0.1, 0.15) is 108 Å². The number of ether oxygens (including phenoxy) is 2. The molecule has 1 heterocycles. The maximum Gasteiger partial charge on any atom is 0.106 e. The first-order chi connectivity index (χ1) is 13.3. The topological polar surface area (TPSA) is 18.5 Å². The fourth-order valence-electron chi connectivity index (χ4n) is 4.78. The van der Waals surface area contributed by atoms with Gasteiger partial charge in [-0.2, -0.15) is 0 Å². The molecule has 2 nitrogen and oxygen atoms in total. The molecule has 1 saturated heterocycles. The maximum absolute atomic E-state index is 6.09. The third kappa shape index (κ3) is 6.32. The largest absolute Gasteiger partial charge is 0.373 e. The Bertz CT molecular complexity index is 508. The van der Waals surface area contributed by atoms with Gasteiger partial charge in [-0.15, -0.1) is 0 Å². The van der Waals surface area contributed by atoms with Gasteiger partial charge < -0.3 is 9.47 Å². The van der Waals surface area contributed by atoms with Crippen LogP contribution in [0.3, 0.4) is 0 Å². The number of benzene rings is 1. The Morgan fingerprint density at radius 1 is 0.741 bits per heavy atom. The Labute approximate surface area is 167 Å². The van der Waals surface area contributed by atoms with Crippen molar-refractivity contribution in [1.29, 1.82) is 0 Å². The van der Waals surface area contributed by atoms with Crippen molar-refractivity contribution in [3.05, 3.63) is 35.4 Å². The average Bonchev–Trinajstić information content (AvgIpc) is 2.73. The van der Waals surface area contributed by atoms with E-state index in [0.717, 1.165) is 24.9 Å². The average molecular weight is 373 g/mol. The number of hydrogen-bond donors (Lipinski definition) is 0. The van der Waals surface area contributed by atoms with Crippen molar-refractivity contribution in [2.75, 3.05) is 13.2 Å². The summed E-state index contributed by atoms with van der Waals surface area (Å²) in [5.74, 6) is 1.75. The molecule has 3 rings (SSSR count). The Balaban J connectivity index is 1.43. The van der Waals surface area contributed by atoms with E-state index in [1.165, 1.54) is 75.3 Å². The van der Waals surface area contributed by atoms with Gasteiger partial charge in [-0.1, -0.05) is 76.6 Å². The molecule has 0 N–H and O–H groups in total. The minimum atomic E-state index is 0.117. The van der Waals surface area contributed by atoms with Crippen LogP contribution in [-0.4, -0.2) is 19.3 Å². The molecule has 0 bridgehead atoms. The van der Waals surface area contributed by atoms with E-state index in [9.17, 15) is 0 Å². The molecule has 2 heteroatoms. The van der Waals surface area contributed by atoms with Gasteiger partial charge in [0.1, 0.15) is 6.10 Å². The van der Waals surface area contributed by atoms with E-state index >= 15 is 0 Å². The molecule has 2 fully saturated rings. The smallest absolute Gasteiger partial charge is 0.106 e. The molecule has 0 aromatic heterocycles. The summed E-state index contributed by atoms with van der Waals surface area (Å²) in [6, 6.07) is 9.26. The minimum absolute atomic E-state index is 0.117. The molecular formula is C25H40O2. The zero-order chi connectivity index (χ0) is 18.9. The van der Waals surface area contributed by atoms with Gasteiger partial charge in [0.2, 0.25) is 0 Å². The maximum atomic E-state index is 6.09. The van der Waals surface area contributed by atoms with Crippen LogP contribution in [0.25, 0.3) is 0 Å². The molecular weight excluding hydrogens is 332 g/mol. The zero-order valence-electron chi connectivity index (χ0n) is 17.6. The molecule has 0 radical (unpaired) electrons. The first kappa shape index (κ1) is 20.9. The van der Waals surface area contributed by atoms with E-state index in [2.05, 4.69) is 38.1 Å². The van der Waals surface area contributed by atoms with Gasteiger partial charge in [-0.3, -0.25) is 0 Å². The van der Waals surface area contributed by atoms with E-state index in [4.69, 9.17) is 9.47 Å². The van der Waals surface area contributed by atoms with Gasteiger partial charge in [0, 0.05) is 0 Å². The molecule has 0 unspecified atom stereocenters. The lowest BCUT2D eigenvalue weighted by Gasteiger charge is -2.31. The van der Waals surface area contributed by atoms with E-state index in [1.54, 1.807) is 0 Å². The fraction of sp³-hybridized carbons (Fsp3) is 0.760. The van der Waals surface area contributed by atoms with Crippen LogP contribution in [0.5, 0.6) is 0 Å². The zero-order valence-corrected chi connectivity index (χ0v) is 17.6. The summed E-state index contributed by atoms with van der Waals surface area (Å²) in [6.07, 6.45) is 15.2. The molecule has 1 aliphatic heterocycles. The number of unbranched alkanes of at least 4 members (excludes halogenated alkanes) is 3. The molecule has 1 saturated carbocycles. The SMILES string of the molecule is CCCCCC1CCC(c2ccc([C@@H]3CO[C@@H](CCCC)CO3)cc2)CC1. The van der Waals surface area contributed by atoms with Gasteiger partial charge >= 0.3 is 0 Å². The van der Waals surface area contributed by atoms with Crippen molar-refractivity contribution in [3.8, 4) is 0 Å². The first-order valence-electron chi connectivity index (χ1n) is 11.6. The van der Waals surface area contributed by atoms with Crippen LogP contribution in [0.2, 0.25) is 0 Å². The molecule has 1 aliphatic carbocycles. The van der Waals surface area contributed by atoms with Crippen molar-refractivity contribution < 1.29 is 9.47 Å². The predicted molar refractivity (Wildman–Crippen MR) is 113 cm³/mol. The summed E-state index contributed by atoms with van der Waals surface area (Å²) in [4.78, 5) is 0. The monoisotopic (exact) mass is 372 g/mol. The third-order valence-electron chi connectivity index (χ3n) is 6.69. The van der Waals surface area contributed by atoms with E-state index < -0.39 is 0 Å². The molecule has 2 atom stereocenters. The quantitative estimate of drug-likeness (QED) is 0.427. The van der Waals surface area contributed by atoms with E-state index in [-0.39, 0.29) is 6.10 Å². The second-order valence-corrected chi connectivity index (χ2v) is 8.80. The van der Waals surface area contributed by atoms with Crippen molar-refractivity contribution in [1.82, 2.24) is 0 Å². The molecule has 1 aromatic carbocycles. The summed E-state index contributed by atoms with van der Waals surface area (Å²) in [7, 11) is 0. The highest BCUT2D eigenvalue weighted by Gasteiger charge is 2.25. The molecule has 152 valence electrons. The van der Waals surface area contributed by atoms with Gasteiger partial charge in [0.25, 0.3) is 0 Å². The van der Waals surface area contributed by atoms with Crippen LogP contribution < -0.4 is 0 Å². The normalized spacial score (nSPS) is 29.0. The molecule has 2 aliphatic rings. The highest BCUT2D eigenvalue weighted by atomic mass is 16.6. The lowest BCUT2D eigenvalue weighted by atomic mass is 9.77. The molecule has 1 aromatic rings. The fourth-order valence-corrected chi connectivity index (χ4v) is 4.78. The van der Waals surface area contributed by atoms with Crippen LogP contribution >= 0.6 is 0 Å². The lowest BCUT2D eigenvalue weighted by molar-refractivity contribution is -0.137. The van der Waals surface area contributed by atoms with Crippen LogP contribution in [0, 0.1) is 5.92 Å². The predicted octanol–water partition coefficient (Wildman–Crippen LogP) is 7.19. The van der Waals surface area contributed by atoms with E-state index in [1.807, 2.05) is 0 Å². The third-order valence-corrected chi connectivity index (χ3v) is 6.69. The van der Waals surface area contributed by atoms with Gasteiger partial charge in [0.15, 0.2) is 0 Å². The molecule has 27 heavy (non-hydrogen) atoms. The highest BCUT2D eigenvalue weighted by molar-refractivity contribution is 5.27. The first-order valence-corrected chi connectivity index (χ1v) is 11.6. The summed E-state index contributed by atoms with van der Waals surface area (Å²) in [5.41, 5.74) is 2.81. The van der Waals surface area contributed by atoms with Crippen molar-refractivity contribution in [2.24, 2.45) is 5.92 Å². The van der Waals surface area contributed by atoms with Crippen LogP contribution in [-0.2, 0) is 9.47 Å². The van der Waals surface area contributed by atoms with Gasteiger partial charge in [-0.25, -0.2) is 0 Å². The minimum Gasteiger partial charge on any atom is -0.373 e. The molecule has 0 spiro atoms. The summed E-state index contributed by atoms with van der Waals surface area (Å²) in [5, 5.41) is 0. The summed E-state index contributed by atoms with van der Waals surface area (Å²) in [6.45, 7) is 5.98. The summed E-state index contributed by atoms with van der Waals surface area (Å²) >= 11 is 0. The number of hydrogen-bond acceptors (Lipinski definition) is 2. The van der Waals surface area contributed by atoms with Crippen molar-refractivity contribution in [3.63, 3.8) is 0 Å². The lowest BCUT2D eigenvalue weighted by Crippen LogP contribution is -2.31. The Kier molecular flexibility index (Phi) is 8.67. The highest BCUT2D eigenvalue weighted by Crippen LogP contribution is 2.38. The van der Waals surface area contributed by atoms with Gasteiger partial charge in [0.05, 0.1) is 19.3 Å². The second kappa shape index (κ2) is 11.2. The van der Waals surface area contributed by atoms with Crippen molar-refractivity contribution in [2.45, 2.75) is 103 Å². The van der Waals surface area contributed by atoms with Gasteiger partial charge in [-0.05, 0) is 55.1 Å². The summed E-state index contributed by atoms with van der Waals surface area (Å²) < 4.78 is 12.1. The van der Waals surface area contributed by atoms with Crippen LogP contribution in [0.15, 0.2) is 24.3 Å². The second-order valence-electron chi connectivity index (χ2n) is 8.80. The van der Waals surface area contributed by atoms with E-state index in [0.29, 0.717) is 12.7 Å². The standard InChI is InChI=1S/C25H40O2/c1-3-5-7-8-20-10-12-21(13-11-20)22-14-16-23(17-15-22)25-19-26-24(18-27-25)9-6-4-2/h14-17,20-21,24-25H,3-13,18-19H2,1-2H3/t20?,21?,24-,25-/m0/s1. The van der Waals surface area contributed by atoms with Crippen LogP contribution in [0.4, 0.5) is 0 Å². The van der Waals surface area contributed by atoms with Crippen molar-refractivity contribution >= 4 is 0 Å². The Morgan fingerprint density at radius 3 is 2.07 bits per heavy atom.